The monoisotopic (exact) mass is 399 g/mol. The van der Waals surface area contributed by atoms with Crippen LogP contribution in [-0.4, -0.2) is 39.9 Å². The maximum Gasteiger partial charge on any atom is 0.256 e. The van der Waals surface area contributed by atoms with Gasteiger partial charge in [0.05, 0.1) is 12.1 Å². The van der Waals surface area contributed by atoms with Gasteiger partial charge in [0.2, 0.25) is 0 Å². The van der Waals surface area contributed by atoms with Crippen LogP contribution < -0.4 is 15.4 Å². The van der Waals surface area contributed by atoms with Crippen LogP contribution in [0.3, 0.4) is 0 Å². The molecule has 0 fully saturated rings. The van der Waals surface area contributed by atoms with Crippen LogP contribution in [0.15, 0.2) is 61.1 Å². The third-order valence-electron chi connectivity index (χ3n) is 4.91. The fourth-order valence-corrected chi connectivity index (χ4v) is 3.42. The summed E-state index contributed by atoms with van der Waals surface area (Å²) in [5.74, 6) is 0.618. The van der Waals surface area contributed by atoms with E-state index in [9.17, 15) is 9.59 Å². The lowest BCUT2D eigenvalue weighted by Crippen LogP contribution is -2.24. The van der Waals surface area contributed by atoms with Crippen molar-refractivity contribution in [1.29, 1.82) is 0 Å². The summed E-state index contributed by atoms with van der Waals surface area (Å²) in [7, 11) is 0. The number of anilines is 1. The van der Waals surface area contributed by atoms with E-state index in [1.165, 1.54) is 0 Å². The minimum atomic E-state index is -0.253. The van der Waals surface area contributed by atoms with Gasteiger partial charge >= 0.3 is 0 Å². The number of aromatic amines is 1. The van der Waals surface area contributed by atoms with Gasteiger partial charge in [-0.1, -0.05) is 6.07 Å². The fourth-order valence-electron chi connectivity index (χ4n) is 3.42. The molecule has 1 aromatic carbocycles. The van der Waals surface area contributed by atoms with Crippen molar-refractivity contribution in [2.24, 2.45) is 0 Å². The third-order valence-corrected chi connectivity index (χ3v) is 4.91. The highest BCUT2D eigenvalue weighted by atomic mass is 16.5. The van der Waals surface area contributed by atoms with Crippen LogP contribution in [0.25, 0.3) is 22.2 Å². The average Bonchev–Trinajstić information content (AvgIpc) is 3.11. The summed E-state index contributed by atoms with van der Waals surface area (Å²) in [4.78, 5) is 36.0. The van der Waals surface area contributed by atoms with E-state index in [-0.39, 0.29) is 11.8 Å². The maximum atomic E-state index is 12.3. The predicted octanol–water partition coefficient (Wildman–Crippen LogP) is 3.00. The highest BCUT2D eigenvalue weighted by Gasteiger charge is 2.18. The molecule has 1 aliphatic heterocycles. The number of carbonyl (C=O) groups excluding carboxylic acids is 2. The fraction of sp³-hybridized carbons (Fsp3) is 0.0909. The van der Waals surface area contributed by atoms with Gasteiger partial charge in [0, 0.05) is 35.1 Å². The first-order valence-corrected chi connectivity index (χ1v) is 9.44. The van der Waals surface area contributed by atoms with Gasteiger partial charge in [0.15, 0.2) is 0 Å². The van der Waals surface area contributed by atoms with Crippen LogP contribution in [0.4, 0.5) is 5.82 Å². The molecule has 4 aromatic rings. The molecule has 4 heterocycles. The number of pyridine rings is 2. The zero-order chi connectivity index (χ0) is 20.5. The molecule has 5 rings (SSSR count). The van der Waals surface area contributed by atoms with Gasteiger partial charge in [-0.25, -0.2) is 4.98 Å². The number of carbonyl (C=O) groups is 2. The number of amides is 2. The Kier molecular flexibility index (Phi) is 4.36. The van der Waals surface area contributed by atoms with Crippen molar-refractivity contribution < 1.29 is 14.3 Å². The van der Waals surface area contributed by atoms with Gasteiger partial charge in [-0.15, -0.1) is 0 Å². The van der Waals surface area contributed by atoms with Crippen LogP contribution in [0.5, 0.6) is 5.75 Å². The molecule has 8 nitrogen and oxygen atoms in total. The van der Waals surface area contributed by atoms with Crippen molar-refractivity contribution >= 4 is 28.7 Å². The van der Waals surface area contributed by atoms with E-state index in [1.54, 1.807) is 36.7 Å². The van der Waals surface area contributed by atoms with Gasteiger partial charge in [0.25, 0.3) is 11.8 Å². The van der Waals surface area contributed by atoms with Crippen LogP contribution in [-0.2, 0) is 0 Å². The van der Waals surface area contributed by atoms with Gasteiger partial charge in [-0.3, -0.25) is 14.6 Å². The molecule has 0 saturated heterocycles. The predicted molar refractivity (Wildman–Crippen MR) is 112 cm³/mol. The van der Waals surface area contributed by atoms with E-state index in [0.29, 0.717) is 41.5 Å². The molecular formula is C22H17N5O3. The van der Waals surface area contributed by atoms with E-state index < -0.39 is 0 Å². The first-order chi connectivity index (χ1) is 14.7. The van der Waals surface area contributed by atoms with Gasteiger partial charge < -0.3 is 20.4 Å². The summed E-state index contributed by atoms with van der Waals surface area (Å²) in [5, 5.41) is 6.49. The Balaban J connectivity index is 1.45. The Morgan fingerprint density at radius 1 is 1.07 bits per heavy atom. The number of fused-ring (bicyclic) bond motifs is 2. The summed E-state index contributed by atoms with van der Waals surface area (Å²) in [5.41, 5.74) is 3.51. The number of hydrogen-bond acceptors (Lipinski definition) is 5. The zero-order valence-corrected chi connectivity index (χ0v) is 15.8. The molecule has 8 heteroatoms. The molecule has 0 atom stereocenters. The van der Waals surface area contributed by atoms with Crippen molar-refractivity contribution in [3.05, 3.63) is 72.2 Å². The Morgan fingerprint density at radius 3 is 2.80 bits per heavy atom. The number of benzene rings is 1. The molecule has 148 valence electrons. The summed E-state index contributed by atoms with van der Waals surface area (Å²) in [6.45, 7) is 0.909. The lowest BCUT2D eigenvalue weighted by molar-refractivity contribution is 0.0956. The number of H-pyrrole nitrogens is 1. The molecular weight excluding hydrogens is 382 g/mol. The molecule has 0 spiro atoms. The van der Waals surface area contributed by atoms with Gasteiger partial charge in [-0.05, 0) is 42.0 Å². The summed E-state index contributed by atoms with van der Waals surface area (Å²) in [6.07, 6.45) is 4.98. The van der Waals surface area contributed by atoms with E-state index >= 15 is 0 Å². The summed E-state index contributed by atoms with van der Waals surface area (Å²) >= 11 is 0. The average molecular weight is 399 g/mol. The lowest BCUT2D eigenvalue weighted by atomic mass is 10.0. The SMILES string of the molecule is O=C(Nc1ccc2c(-c3ccc4c(c3)OCCNC4=O)c[nH]c2n1)c1ccncc1. The Morgan fingerprint density at radius 2 is 1.93 bits per heavy atom. The Bertz CT molecular complexity index is 1270. The van der Waals surface area contributed by atoms with Crippen molar-refractivity contribution in [2.45, 2.75) is 0 Å². The second-order valence-electron chi connectivity index (χ2n) is 6.80. The standard InChI is InChI=1S/C22H17N5O3/c28-21(13-5-7-23-8-6-13)27-19-4-3-15-17(12-25-20(15)26-19)14-1-2-16-18(11-14)30-10-9-24-22(16)29/h1-8,11-12H,9-10H2,(H,24,29)(H2,25,26,27,28). The number of aromatic nitrogens is 3. The number of rotatable bonds is 3. The summed E-state index contributed by atoms with van der Waals surface area (Å²) < 4.78 is 5.71. The minimum Gasteiger partial charge on any atom is -0.491 e. The highest BCUT2D eigenvalue weighted by molar-refractivity contribution is 6.04. The molecule has 0 radical (unpaired) electrons. The molecule has 0 aliphatic carbocycles. The second kappa shape index (κ2) is 7.32. The first kappa shape index (κ1) is 17.9. The Hall–Kier alpha value is -4.20. The van der Waals surface area contributed by atoms with E-state index in [2.05, 4.69) is 25.6 Å². The Labute approximate surface area is 171 Å². The number of ether oxygens (including phenoxy) is 1. The first-order valence-electron chi connectivity index (χ1n) is 9.44. The van der Waals surface area contributed by atoms with Crippen molar-refractivity contribution in [3.8, 4) is 16.9 Å². The smallest absolute Gasteiger partial charge is 0.256 e. The van der Waals surface area contributed by atoms with Crippen LogP contribution in [0, 0.1) is 0 Å². The van der Waals surface area contributed by atoms with E-state index in [0.717, 1.165) is 16.5 Å². The molecule has 0 saturated carbocycles. The van der Waals surface area contributed by atoms with Crippen molar-refractivity contribution in [1.82, 2.24) is 20.3 Å². The van der Waals surface area contributed by atoms with Crippen LogP contribution >= 0.6 is 0 Å². The van der Waals surface area contributed by atoms with Crippen LogP contribution in [0.1, 0.15) is 20.7 Å². The minimum absolute atomic E-state index is 0.135. The molecule has 3 aromatic heterocycles. The lowest BCUT2D eigenvalue weighted by Gasteiger charge is -2.08. The van der Waals surface area contributed by atoms with Crippen molar-refractivity contribution in [2.75, 3.05) is 18.5 Å². The third kappa shape index (κ3) is 3.24. The molecule has 0 unspecified atom stereocenters. The van der Waals surface area contributed by atoms with Crippen molar-refractivity contribution in [3.63, 3.8) is 0 Å². The molecule has 3 N–H and O–H groups in total. The van der Waals surface area contributed by atoms with E-state index in [4.69, 9.17) is 4.74 Å². The largest absolute Gasteiger partial charge is 0.491 e. The van der Waals surface area contributed by atoms with Crippen LogP contribution in [0.2, 0.25) is 0 Å². The zero-order valence-electron chi connectivity index (χ0n) is 15.8. The topological polar surface area (TPSA) is 109 Å². The quantitative estimate of drug-likeness (QED) is 0.491. The molecule has 30 heavy (non-hydrogen) atoms. The number of nitrogens with zero attached hydrogens (tertiary/aromatic N) is 2. The van der Waals surface area contributed by atoms with Gasteiger partial charge in [0.1, 0.15) is 23.8 Å². The maximum absolute atomic E-state index is 12.3. The summed E-state index contributed by atoms with van der Waals surface area (Å²) in [6, 6.07) is 12.4. The molecule has 2 amide bonds. The highest BCUT2D eigenvalue weighted by Crippen LogP contribution is 2.33. The second-order valence-corrected chi connectivity index (χ2v) is 6.80. The normalized spacial score (nSPS) is 13.1. The molecule has 1 aliphatic rings. The number of nitrogens with one attached hydrogen (secondary N) is 3. The van der Waals surface area contributed by atoms with Gasteiger partial charge in [-0.2, -0.15) is 0 Å². The number of hydrogen-bond donors (Lipinski definition) is 3. The molecule has 0 bridgehead atoms. The van der Waals surface area contributed by atoms with E-state index in [1.807, 2.05) is 24.4 Å².